The second-order valence-electron chi connectivity index (χ2n) is 1.66. The van der Waals surface area contributed by atoms with Gasteiger partial charge in [-0.05, 0) is 19.3 Å². The predicted octanol–water partition coefficient (Wildman–Crippen LogP) is 3.03. The summed E-state index contributed by atoms with van der Waals surface area (Å²) in [7, 11) is 0. The van der Waals surface area contributed by atoms with Crippen molar-refractivity contribution in [2.45, 2.75) is 19.3 Å². The van der Waals surface area contributed by atoms with Crippen LogP contribution in [-0.4, -0.2) is 5.33 Å². The molecule has 0 heterocycles. The Balaban J connectivity index is 2.82. The highest BCUT2D eigenvalue weighted by molar-refractivity contribution is 9.09. The molecule has 0 rings (SSSR count). The Bertz CT molecular complexity index is 70.9. The monoisotopic (exact) mass is 180 g/mol. The molecule has 0 saturated heterocycles. The van der Waals surface area contributed by atoms with Crippen molar-refractivity contribution in [2.24, 2.45) is 0 Å². The fraction of sp³-hybridized carbons (Fsp3) is 0.667. The van der Waals surface area contributed by atoms with Crippen molar-refractivity contribution in [2.75, 3.05) is 5.33 Å². The minimum absolute atomic E-state index is 0.203. The van der Waals surface area contributed by atoms with Gasteiger partial charge in [-0.15, -0.1) is 0 Å². The Morgan fingerprint density at radius 2 is 2.12 bits per heavy atom. The van der Waals surface area contributed by atoms with Crippen molar-refractivity contribution in [3.05, 3.63) is 12.4 Å². The van der Waals surface area contributed by atoms with Gasteiger partial charge in [-0.1, -0.05) is 22.5 Å². The number of hydrogen-bond donors (Lipinski definition) is 0. The average Bonchev–Trinajstić information content (AvgIpc) is 1.66. The van der Waals surface area contributed by atoms with Crippen molar-refractivity contribution in [3.8, 4) is 0 Å². The Morgan fingerprint density at radius 1 is 1.50 bits per heavy atom. The van der Waals surface area contributed by atoms with E-state index in [-0.39, 0.29) is 5.83 Å². The SMILES string of the molecule is C=C(F)CCCCBr. The molecule has 0 aromatic heterocycles. The molecule has 0 unspecified atom stereocenters. The lowest BCUT2D eigenvalue weighted by molar-refractivity contribution is 0.575. The summed E-state index contributed by atoms with van der Waals surface area (Å²) in [4.78, 5) is 0. The van der Waals surface area contributed by atoms with E-state index in [9.17, 15) is 4.39 Å². The lowest BCUT2D eigenvalue weighted by Crippen LogP contribution is -1.76. The maximum atomic E-state index is 11.8. The van der Waals surface area contributed by atoms with E-state index in [4.69, 9.17) is 0 Å². The van der Waals surface area contributed by atoms with Crippen LogP contribution in [0.15, 0.2) is 12.4 Å². The van der Waals surface area contributed by atoms with Gasteiger partial charge in [0.1, 0.15) is 0 Å². The molecule has 0 fully saturated rings. The highest BCUT2D eigenvalue weighted by Crippen LogP contribution is 2.06. The van der Waals surface area contributed by atoms with E-state index in [2.05, 4.69) is 22.5 Å². The molecule has 0 N–H and O–H groups in total. The Morgan fingerprint density at radius 3 is 2.50 bits per heavy atom. The Kier molecular flexibility index (Phi) is 5.39. The van der Waals surface area contributed by atoms with Gasteiger partial charge in [-0.25, -0.2) is 4.39 Å². The van der Waals surface area contributed by atoms with Crippen molar-refractivity contribution in [1.29, 1.82) is 0 Å². The van der Waals surface area contributed by atoms with Crippen molar-refractivity contribution in [1.82, 2.24) is 0 Å². The first-order valence-corrected chi connectivity index (χ1v) is 3.78. The Labute approximate surface area is 57.9 Å². The van der Waals surface area contributed by atoms with Crippen LogP contribution < -0.4 is 0 Å². The van der Waals surface area contributed by atoms with Crippen LogP contribution in [0, 0.1) is 0 Å². The third-order valence-electron chi connectivity index (χ3n) is 0.832. The fourth-order valence-corrected chi connectivity index (χ4v) is 0.808. The minimum Gasteiger partial charge on any atom is -0.212 e. The quantitative estimate of drug-likeness (QED) is 0.461. The van der Waals surface area contributed by atoms with Gasteiger partial charge >= 0.3 is 0 Å². The van der Waals surface area contributed by atoms with E-state index < -0.39 is 0 Å². The Hall–Kier alpha value is 0.150. The van der Waals surface area contributed by atoms with Gasteiger partial charge in [0.05, 0.1) is 5.83 Å². The minimum atomic E-state index is -0.203. The van der Waals surface area contributed by atoms with Gasteiger partial charge in [-0.2, -0.15) is 0 Å². The van der Waals surface area contributed by atoms with Gasteiger partial charge < -0.3 is 0 Å². The molecule has 0 nitrogen and oxygen atoms in total. The fourth-order valence-electron chi connectivity index (χ4n) is 0.411. The van der Waals surface area contributed by atoms with Crippen molar-refractivity contribution >= 4 is 15.9 Å². The van der Waals surface area contributed by atoms with Crippen LogP contribution in [0.4, 0.5) is 4.39 Å². The molecule has 0 atom stereocenters. The average molecular weight is 181 g/mol. The standard InChI is InChI=1S/C6H10BrF/c1-6(8)4-2-3-5-7/h1-5H2. The van der Waals surface area contributed by atoms with Gasteiger partial charge in [0, 0.05) is 5.33 Å². The number of halogens is 2. The molecule has 0 bridgehead atoms. The van der Waals surface area contributed by atoms with E-state index in [1.54, 1.807) is 0 Å². The molecule has 0 amide bonds. The van der Waals surface area contributed by atoms with Crippen molar-refractivity contribution in [3.63, 3.8) is 0 Å². The summed E-state index contributed by atoms with van der Waals surface area (Å²) in [6, 6.07) is 0. The van der Waals surface area contributed by atoms with E-state index in [0.717, 1.165) is 18.2 Å². The molecular formula is C6H10BrF. The van der Waals surface area contributed by atoms with Crippen LogP contribution in [0.1, 0.15) is 19.3 Å². The van der Waals surface area contributed by atoms with Crippen LogP contribution in [0.25, 0.3) is 0 Å². The largest absolute Gasteiger partial charge is 0.212 e. The normalized spacial score (nSPS) is 9.25. The van der Waals surface area contributed by atoms with Gasteiger partial charge in [0.25, 0.3) is 0 Å². The summed E-state index contributed by atoms with van der Waals surface area (Å²) in [6.45, 7) is 3.14. The number of alkyl halides is 1. The summed E-state index contributed by atoms with van der Waals surface area (Å²) >= 11 is 3.25. The second kappa shape index (κ2) is 5.29. The third kappa shape index (κ3) is 6.15. The molecule has 0 aromatic carbocycles. The first-order valence-electron chi connectivity index (χ1n) is 2.66. The molecular weight excluding hydrogens is 171 g/mol. The van der Waals surface area contributed by atoms with Crippen LogP contribution >= 0.6 is 15.9 Å². The van der Waals surface area contributed by atoms with Crippen molar-refractivity contribution < 1.29 is 4.39 Å². The first kappa shape index (κ1) is 8.15. The van der Waals surface area contributed by atoms with Crippen LogP contribution in [-0.2, 0) is 0 Å². The number of hydrogen-bond acceptors (Lipinski definition) is 0. The smallest absolute Gasteiger partial charge is 0.0928 e. The molecule has 0 spiro atoms. The van der Waals surface area contributed by atoms with Gasteiger partial charge in [0.15, 0.2) is 0 Å². The van der Waals surface area contributed by atoms with E-state index >= 15 is 0 Å². The number of rotatable bonds is 4. The summed E-state index contributed by atoms with van der Waals surface area (Å²) in [5.41, 5.74) is 0. The topological polar surface area (TPSA) is 0 Å². The molecule has 2 heteroatoms. The van der Waals surface area contributed by atoms with Crippen LogP contribution in [0.2, 0.25) is 0 Å². The molecule has 48 valence electrons. The highest BCUT2D eigenvalue weighted by atomic mass is 79.9. The predicted molar refractivity (Wildman–Crippen MR) is 37.9 cm³/mol. The molecule has 0 aromatic rings. The summed E-state index contributed by atoms with van der Waals surface area (Å²) in [5.74, 6) is -0.203. The zero-order valence-electron chi connectivity index (χ0n) is 4.79. The number of allylic oxidation sites excluding steroid dienone is 1. The summed E-state index contributed by atoms with van der Waals surface area (Å²) < 4.78 is 11.8. The zero-order chi connectivity index (χ0) is 6.41. The molecule has 0 aliphatic carbocycles. The van der Waals surface area contributed by atoms with Crippen LogP contribution in [0.3, 0.4) is 0 Å². The maximum absolute atomic E-state index is 11.8. The molecule has 0 aliphatic rings. The summed E-state index contributed by atoms with van der Waals surface area (Å²) in [6.07, 6.45) is 2.45. The lowest BCUT2D eigenvalue weighted by atomic mass is 10.2. The molecule has 8 heavy (non-hydrogen) atoms. The maximum Gasteiger partial charge on any atom is 0.0928 e. The van der Waals surface area contributed by atoms with E-state index in [0.29, 0.717) is 6.42 Å². The van der Waals surface area contributed by atoms with E-state index in [1.807, 2.05) is 0 Å². The molecule has 0 aliphatic heterocycles. The van der Waals surface area contributed by atoms with Crippen LogP contribution in [0.5, 0.6) is 0 Å². The second-order valence-corrected chi connectivity index (χ2v) is 2.46. The highest BCUT2D eigenvalue weighted by Gasteiger charge is 1.88. The van der Waals surface area contributed by atoms with E-state index in [1.165, 1.54) is 0 Å². The van der Waals surface area contributed by atoms with Gasteiger partial charge in [0.2, 0.25) is 0 Å². The third-order valence-corrected chi connectivity index (χ3v) is 1.39. The summed E-state index contributed by atoms with van der Waals surface area (Å²) in [5, 5.41) is 0.959. The molecule has 0 saturated carbocycles. The lowest BCUT2D eigenvalue weighted by Gasteiger charge is -1.91. The first-order chi connectivity index (χ1) is 3.77. The molecule has 0 radical (unpaired) electrons. The zero-order valence-corrected chi connectivity index (χ0v) is 6.38. The number of unbranched alkanes of at least 4 members (excludes halogenated alkanes) is 1. The van der Waals surface area contributed by atoms with Gasteiger partial charge in [-0.3, -0.25) is 0 Å².